The standard InChI is InChI=1S/C17H13N3O/c1-2-18-13-9-10-7-8-19-16-14(10)15(20-13)11-5-3-4-6-12(11)17(16)21/h3-9,19H,2H2,1H3. The van der Waals surface area contributed by atoms with Crippen LogP contribution >= 0.6 is 0 Å². The van der Waals surface area contributed by atoms with Crippen molar-refractivity contribution in [3.63, 3.8) is 0 Å². The third kappa shape index (κ3) is 1.65. The lowest BCUT2D eigenvalue weighted by molar-refractivity contribution is 1.02. The molecule has 0 atom stereocenters. The number of benzene rings is 2. The van der Waals surface area contributed by atoms with Gasteiger partial charge in [-0.1, -0.05) is 24.3 Å². The quantitative estimate of drug-likeness (QED) is 0.429. The Labute approximate surface area is 120 Å². The molecule has 2 aromatic heterocycles. The number of H-pyrrole nitrogens is 1. The van der Waals surface area contributed by atoms with E-state index in [2.05, 4.69) is 15.0 Å². The third-order valence-corrected chi connectivity index (χ3v) is 3.75. The van der Waals surface area contributed by atoms with Crippen LogP contribution in [0.25, 0.3) is 32.6 Å². The lowest BCUT2D eigenvalue weighted by Gasteiger charge is -2.07. The first-order valence-electron chi connectivity index (χ1n) is 6.96. The van der Waals surface area contributed by atoms with Crippen molar-refractivity contribution in [1.29, 1.82) is 0 Å². The topological polar surface area (TPSA) is 58.1 Å². The van der Waals surface area contributed by atoms with Gasteiger partial charge in [-0.2, -0.15) is 0 Å². The molecule has 0 saturated heterocycles. The highest BCUT2D eigenvalue weighted by molar-refractivity contribution is 6.18. The molecule has 4 nitrogen and oxygen atoms in total. The minimum Gasteiger partial charge on any atom is -0.358 e. The van der Waals surface area contributed by atoms with Crippen LogP contribution in [0, 0.1) is 0 Å². The maximum Gasteiger partial charge on any atom is 0.210 e. The minimum absolute atomic E-state index is 0.0191. The largest absolute Gasteiger partial charge is 0.358 e. The fraction of sp³-hybridized carbons (Fsp3) is 0.118. The maximum atomic E-state index is 12.6. The van der Waals surface area contributed by atoms with Gasteiger partial charge in [0.25, 0.3) is 0 Å². The van der Waals surface area contributed by atoms with Crippen molar-refractivity contribution >= 4 is 32.6 Å². The molecule has 0 spiro atoms. The fourth-order valence-electron chi connectivity index (χ4n) is 2.87. The summed E-state index contributed by atoms with van der Waals surface area (Å²) in [4.78, 5) is 24.8. The SMILES string of the molecule is CCN=c1cc2cc[nH]c3c(=O)c4ccccc4c(n1)c23. The van der Waals surface area contributed by atoms with Crippen molar-refractivity contribution < 1.29 is 0 Å². The normalized spacial score (nSPS) is 12.7. The summed E-state index contributed by atoms with van der Waals surface area (Å²) in [5.74, 6) is 0. The van der Waals surface area contributed by atoms with E-state index < -0.39 is 0 Å². The van der Waals surface area contributed by atoms with Crippen LogP contribution in [0.4, 0.5) is 0 Å². The summed E-state index contributed by atoms with van der Waals surface area (Å²) in [7, 11) is 0. The number of aromatic amines is 1. The van der Waals surface area contributed by atoms with Crippen molar-refractivity contribution in [2.45, 2.75) is 6.92 Å². The summed E-state index contributed by atoms with van der Waals surface area (Å²) in [6, 6.07) is 11.5. The molecule has 4 heteroatoms. The molecule has 0 unspecified atom stereocenters. The number of hydrogen-bond donors (Lipinski definition) is 1. The van der Waals surface area contributed by atoms with E-state index in [0.717, 1.165) is 21.7 Å². The predicted molar refractivity (Wildman–Crippen MR) is 84.7 cm³/mol. The van der Waals surface area contributed by atoms with Crippen molar-refractivity contribution in [2.24, 2.45) is 4.99 Å². The Morgan fingerprint density at radius 3 is 2.81 bits per heavy atom. The van der Waals surface area contributed by atoms with Gasteiger partial charge in [0, 0.05) is 28.9 Å². The average Bonchev–Trinajstić information content (AvgIpc) is 2.52. The van der Waals surface area contributed by atoms with E-state index in [1.165, 1.54) is 0 Å². The van der Waals surface area contributed by atoms with Gasteiger partial charge in [-0.3, -0.25) is 9.79 Å². The third-order valence-electron chi connectivity index (χ3n) is 3.75. The monoisotopic (exact) mass is 275 g/mol. The number of nitrogens with zero attached hydrogens (tertiary/aromatic N) is 2. The van der Waals surface area contributed by atoms with Crippen molar-refractivity contribution in [2.75, 3.05) is 6.54 Å². The van der Waals surface area contributed by atoms with Crippen LogP contribution < -0.4 is 10.9 Å². The second-order valence-corrected chi connectivity index (χ2v) is 5.00. The first kappa shape index (κ1) is 12.0. The molecule has 21 heavy (non-hydrogen) atoms. The molecule has 4 aromatic rings. The number of pyridine rings is 2. The first-order valence-corrected chi connectivity index (χ1v) is 6.96. The van der Waals surface area contributed by atoms with Gasteiger partial charge >= 0.3 is 0 Å². The van der Waals surface area contributed by atoms with Crippen molar-refractivity contribution in [3.8, 4) is 0 Å². The van der Waals surface area contributed by atoms with Crippen LogP contribution in [0.3, 0.4) is 0 Å². The molecule has 2 heterocycles. The van der Waals surface area contributed by atoms with E-state index in [1.54, 1.807) is 6.20 Å². The van der Waals surface area contributed by atoms with Crippen molar-refractivity contribution in [3.05, 3.63) is 58.3 Å². The Hall–Kier alpha value is -2.75. The van der Waals surface area contributed by atoms with E-state index in [1.807, 2.05) is 43.3 Å². The summed E-state index contributed by atoms with van der Waals surface area (Å²) >= 11 is 0. The second-order valence-electron chi connectivity index (χ2n) is 5.00. The number of hydrogen-bond acceptors (Lipinski definition) is 3. The molecule has 2 aromatic carbocycles. The molecular formula is C17H13N3O. The maximum absolute atomic E-state index is 12.6. The van der Waals surface area contributed by atoms with Gasteiger partial charge in [0.2, 0.25) is 5.43 Å². The lowest BCUT2D eigenvalue weighted by atomic mass is 10.0. The van der Waals surface area contributed by atoms with Crippen LogP contribution in [0.15, 0.2) is 52.4 Å². The minimum atomic E-state index is 0.0191. The highest BCUT2D eigenvalue weighted by Crippen LogP contribution is 2.26. The molecule has 0 aliphatic carbocycles. The average molecular weight is 275 g/mol. The van der Waals surface area contributed by atoms with Gasteiger partial charge < -0.3 is 4.98 Å². The van der Waals surface area contributed by atoms with Gasteiger partial charge in [0.1, 0.15) is 5.49 Å². The molecule has 0 radical (unpaired) electrons. The summed E-state index contributed by atoms with van der Waals surface area (Å²) in [5, 5.41) is 3.45. The highest BCUT2D eigenvalue weighted by Gasteiger charge is 2.12. The Morgan fingerprint density at radius 2 is 2.00 bits per heavy atom. The molecule has 0 fully saturated rings. The fourth-order valence-corrected chi connectivity index (χ4v) is 2.87. The van der Waals surface area contributed by atoms with Crippen LogP contribution in [-0.2, 0) is 0 Å². The van der Waals surface area contributed by atoms with Gasteiger partial charge in [-0.15, -0.1) is 0 Å². The van der Waals surface area contributed by atoms with E-state index in [9.17, 15) is 4.79 Å². The van der Waals surface area contributed by atoms with Gasteiger partial charge in [-0.05, 0) is 24.4 Å². The zero-order valence-electron chi connectivity index (χ0n) is 11.6. The van der Waals surface area contributed by atoms with Crippen LogP contribution in [0.5, 0.6) is 0 Å². The number of aromatic nitrogens is 2. The second kappa shape index (κ2) is 4.38. The number of rotatable bonds is 1. The zero-order chi connectivity index (χ0) is 14.4. The number of fused-ring (bicyclic) bond motifs is 2. The molecule has 0 saturated carbocycles. The van der Waals surface area contributed by atoms with Gasteiger partial charge in [0.05, 0.1) is 11.0 Å². The zero-order valence-corrected chi connectivity index (χ0v) is 11.6. The molecule has 102 valence electrons. The van der Waals surface area contributed by atoms with E-state index >= 15 is 0 Å². The molecule has 0 aliphatic heterocycles. The number of nitrogens with one attached hydrogen (secondary N) is 1. The summed E-state index contributed by atoms with van der Waals surface area (Å²) in [5.41, 5.74) is 2.17. The summed E-state index contributed by atoms with van der Waals surface area (Å²) < 4.78 is 0. The summed E-state index contributed by atoms with van der Waals surface area (Å²) in [6.07, 6.45) is 1.79. The van der Waals surface area contributed by atoms with Crippen LogP contribution in [-0.4, -0.2) is 16.5 Å². The van der Waals surface area contributed by atoms with Crippen LogP contribution in [0.1, 0.15) is 6.92 Å². The van der Waals surface area contributed by atoms with E-state index in [-0.39, 0.29) is 5.43 Å². The lowest BCUT2D eigenvalue weighted by Crippen LogP contribution is -2.12. The van der Waals surface area contributed by atoms with Crippen LogP contribution in [0.2, 0.25) is 0 Å². The highest BCUT2D eigenvalue weighted by atomic mass is 16.1. The van der Waals surface area contributed by atoms with Crippen molar-refractivity contribution in [1.82, 2.24) is 9.97 Å². The summed E-state index contributed by atoms with van der Waals surface area (Å²) in [6.45, 7) is 2.67. The first-order chi connectivity index (χ1) is 10.3. The predicted octanol–water partition coefficient (Wildman–Crippen LogP) is 2.59. The van der Waals surface area contributed by atoms with E-state index in [0.29, 0.717) is 22.9 Å². The van der Waals surface area contributed by atoms with Gasteiger partial charge in [0.15, 0.2) is 0 Å². The Bertz CT molecular complexity index is 1100. The molecule has 0 amide bonds. The molecule has 4 rings (SSSR count). The Balaban J connectivity index is 2.42. The van der Waals surface area contributed by atoms with Gasteiger partial charge in [-0.25, -0.2) is 4.98 Å². The Kier molecular flexibility index (Phi) is 2.51. The molecule has 0 bridgehead atoms. The smallest absolute Gasteiger partial charge is 0.210 e. The Morgan fingerprint density at radius 1 is 1.19 bits per heavy atom. The van der Waals surface area contributed by atoms with E-state index in [4.69, 9.17) is 0 Å². The molecular weight excluding hydrogens is 262 g/mol. The molecule has 0 aliphatic rings. The molecule has 1 N–H and O–H groups in total.